The van der Waals surface area contributed by atoms with Gasteiger partial charge in [0.1, 0.15) is 5.82 Å². The zero-order valence-corrected chi connectivity index (χ0v) is 11.7. The van der Waals surface area contributed by atoms with Crippen LogP contribution in [0.15, 0.2) is 42.7 Å². The minimum Gasteiger partial charge on any atom is -0.292 e. The molecule has 0 unspecified atom stereocenters. The highest BCUT2D eigenvalue weighted by Gasteiger charge is 2.26. The summed E-state index contributed by atoms with van der Waals surface area (Å²) in [5.41, 5.74) is 2.25. The van der Waals surface area contributed by atoms with Gasteiger partial charge in [0.2, 0.25) is 0 Å². The molecule has 0 saturated carbocycles. The Labute approximate surface area is 123 Å². The normalized spacial score (nSPS) is 18.6. The van der Waals surface area contributed by atoms with E-state index in [9.17, 15) is 4.39 Å². The van der Waals surface area contributed by atoms with Crippen molar-refractivity contribution in [3.8, 4) is 6.07 Å². The van der Waals surface area contributed by atoms with Crippen LogP contribution in [0.25, 0.3) is 0 Å². The topological polar surface area (TPSA) is 39.9 Å². The van der Waals surface area contributed by atoms with Crippen molar-refractivity contribution in [2.24, 2.45) is 0 Å². The van der Waals surface area contributed by atoms with E-state index < -0.39 is 0 Å². The van der Waals surface area contributed by atoms with Gasteiger partial charge >= 0.3 is 0 Å². The first-order valence-corrected chi connectivity index (χ1v) is 7.10. The Morgan fingerprint density at radius 2 is 2.10 bits per heavy atom. The van der Waals surface area contributed by atoms with Crippen molar-refractivity contribution >= 4 is 0 Å². The molecular weight excluding hydrogens is 265 g/mol. The lowest BCUT2D eigenvalue weighted by Gasteiger charge is -2.25. The van der Waals surface area contributed by atoms with Crippen LogP contribution >= 0.6 is 0 Å². The Balaban J connectivity index is 1.80. The van der Waals surface area contributed by atoms with Crippen LogP contribution in [0.4, 0.5) is 4.39 Å². The zero-order valence-electron chi connectivity index (χ0n) is 11.7. The van der Waals surface area contributed by atoms with Crippen molar-refractivity contribution in [2.75, 3.05) is 6.54 Å². The molecule has 0 spiro atoms. The maximum Gasteiger partial charge on any atom is 0.129 e. The number of hydrogen-bond donors (Lipinski definition) is 0. The first-order valence-electron chi connectivity index (χ1n) is 7.10. The SMILES string of the molecule is N#Cc1ccc(CN2CCC[C@@H]2c2ccncc2)c(F)c1. The van der Waals surface area contributed by atoms with Gasteiger partial charge in [0.05, 0.1) is 11.6 Å². The van der Waals surface area contributed by atoms with Crippen molar-refractivity contribution in [1.29, 1.82) is 5.26 Å². The quantitative estimate of drug-likeness (QED) is 0.865. The van der Waals surface area contributed by atoms with E-state index in [1.54, 1.807) is 24.5 Å². The van der Waals surface area contributed by atoms with Crippen LogP contribution in [0.5, 0.6) is 0 Å². The van der Waals surface area contributed by atoms with Crippen molar-refractivity contribution < 1.29 is 4.39 Å². The van der Waals surface area contributed by atoms with Gasteiger partial charge in [-0.3, -0.25) is 9.88 Å². The van der Waals surface area contributed by atoms with Crippen molar-refractivity contribution in [3.63, 3.8) is 0 Å². The predicted molar refractivity (Wildman–Crippen MR) is 77.7 cm³/mol. The fraction of sp³-hybridized carbons (Fsp3) is 0.294. The van der Waals surface area contributed by atoms with E-state index in [2.05, 4.69) is 9.88 Å². The minimum absolute atomic E-state index is 0.297. The molecule has 3 nitrogen and oxygen atoms in total. The molecule has 21 heavy (non-hydrogen) atoms. The molecule has 1 aromatic heterocycles. The van der Waals surface area contributed by atoms with Gasteiger partial charge in [-0.25, -0.2) is 4.39 Å². The molecule has 1 saturated heterocycles. The minimum atomic E-state index is -0.297. The largest absolute Gasteiger partial charge is 0.292 e. The Morgan fingerprint density at radius 1 is 1.29 bits per heavy atom. The molecule has 3 rings (SSSR count). The summed E-state index contributed by atoms with van der Waals surface area (Å²) in [4.78, 5) is 6.34. The molecule has 1 aromatic carbocycles. The lowest BCUT2D eigenvalue weighted by molar-refractivity contribution is 0.245. The summed E-state index contributed by atoms with van der Waals surface area (Å²) in [6.07, 6.45) is 5.80. The zero-order chi connectivity index (χ0) is 14.7. The van der Waals surface area contributed by atoms with E-state index in [0.29, 0.717) is 23.7 Å². The summed E-state index contributed by atoms with van der Waals surface area (Å²) < 4.78 is 14.0. The number of nitriles is 1. The molecule has 4 heteroatoms. The average Bonchev–Trinajstić information content (AvgIpc) is 2.98. The summed E-state index contributed by atoms with van der Waals surface area (Å²) in [5, 5.41) is 8.79. The second-order valence-electron chi connectivity index (χ2n) is 5.33. The Morgan fingerprint density at radius 3 is 2.81 bits per heavy atom. The van der Waals surface area contributed by atoms with E-state index in [1.807, 2.05) is 18.2 Å². The van der Waals surface area contributed by atoms with Gasteiger partial charge in [-0.15, -0.1) is 0 Å². The average molecular weight is 281 g/mol. The van der Waals surface area contributed by atoms with Crippen LogP contribution in [0.3, 0.4) is 0 Å². The highest BCUT2D eigenvalue weighted by atomic mass is 19.1. The number of likely N-dealkylation sites (tertiary alicyclic amines) is 1. The van der Waals surface area contributed by atoms with Crippen molar-refractivity contribution in [3.05, 3.63) is 65.2 Å². The third kappa shape index (κ3) is 2.93. The van der Waals surface area contributed by atoms with Crippen LogP contribution in [-0.2, 0) is 6.54 Å². The number of halogens is 1. The standard InChI is InChI=1S/C17H16FN3/c18-16-10-13(11-19)3-4-15(16)12-21-9-1-2-17(21)14-5-7-20-8-6-14/h3-8,10,17H,1-2,9,12H2/t17-/m1/s1. The number of pyridine rings is 1. The summed E-state index contributed by atoms with van der Waals surface area (Å²) in [5.74, 6) is -0.297. The van der Waals surface area contributed by atoms with Crippen LogP contribution in [0.2, 0.25) is 0 Å². The van der Waals surface area contributed by atoms with E-state index in [4.69, 9.17) is 5.26 Å². The third-order valence-electron chi connectivity index (χ3n) is 4.01. The van der Waals surface area contributed by atoms with Crippen LogP contribution in [0, 0.1) is 17.1 Å². The summed E-state index contributed by atoms with van der Waals surface area (Å²) >= 11 is 0. The molecule has 0 bridgehead atoms. The number of nitrogens with zero attached hydrogens (tertiary/aromatic N) is 3. The van der Waals surface area contributed by atoms with E-state index in [1.165, 1.54) is 11.6 Å². The van der Waals surface area contributed by atoms with Crippen LogP contribution < -0.4 is 0 Å². The van der Waals surface area contributed by atoms with Gasteiger partial charge in [0.25, 0.3) is 0 Å². The lowest BCUT2D eigenvalue weighted by atomic mass is 10.1. The van der Waals surface area contributed by atoms with Gasteiger partial charge in [-0.05, 0) is 49.2 Å². The van der Waals surface area contributed by atoms with Crippen molar-refractivity contribution in [1.82, 2.24) is 9.88 Å². The molecule has 0 radical (unpaired) electrons. The summed E-state index contributed by atoms with van der Waals surface area (Å²) in [7, 11) is 0. The molecular formula is C17H16FN3. The fourth-order valence-electron chi connectivity index (χ4n) is 2.94. The predicted octanol–water partition coefficient (Wildman–Crippen LogP) is 3.43. The molecule has 0 N–H and O–H groups in total. The van der Waals surface area contributed by atoms with E-state index in [-0.39, 0.29) is 5.82 Å². The maximum absolute atomic E-state index is 14.0. The third-order valence-corrected chi connectivity index (χ3v) is 4.01. The van der Waals surface area contributed by atoms with Crippen LogP contribution in [-0.4, -0.2) is 16.4 Å². The van der Waals surface area contributed by atoms with Gasteiger partial charge < -0.3 is 0 Å². The molecule has 0 amide bonds. The first kappa shape index (κ1) is 13.7. The number of aromatic nitrogens is 1. The molecule has 0 aliphatic carbocycles. The second-order valence-corrected chi connectivity index (χ2v) is 5.33. The fourth-order valence-corrected chi connectivity index (χ4v) is 2.94. The van der Waals surface area contributed by atoms with Crippen LogP contribution in [0.1, 0.15) is 35.6 Å². The molecule has 106 valence electrons. The molecule has 1 fully saturated rings. The van der Waals surface area contributed by atoms with Gasteiger partial charge in [0, 0.05) is 30.5 Å². The first-order chi connectivity index (χ1) is 10.3. The highest BCUT2D eigenvalue weighted by molar-refractivity contribution is 5.33. The Hall–Kier alpha value is -2.25. The van der Waals surface area contributed by atoms with Gasteiger partial charge in [-0.1, -0.05) is 6.07 Å². The summed E-state index contributed by atoms with van der Waals surface area (Å²) in [6.45, 7) is 1.54. The molecule has 1 aliphatic rings. The number of hydrogen-bond acceptors (Lipinski definition) is 3. The monoisotopic (exact) mass is 281 g/mol. The summed E-state index contributed by atoms with van der Waals surface area (Å²) in [6, 6.07) is 11.0. The smallest absolute Gasteiger partial charge is 0.129 e. The second kappa shape index (κ2) is 6.02. The molecule has 2 aromatic rings. The number of benzene rings is 1. The molecule has 2 heterocycles. The van der Waals surface area contributed by atoms with Gasteiger partial charge in [-0.2, -0.15) is 5.26 Å². The Kier molecular flexibility index (Phi) is 3.94. The lowest BCUT2D eigenvalue weighted by Crippen LogP contribution is -2.23. The maximum atomic E-state index is 14.0. The van der Waals surface area contributed by atoms with E-state index >= 15 is 0 Å². The van der Waals surface area contributed by atoms with Gasteiger partial charge in [0.15, 0.2) is 0 Å². The molecule has 1 atom stereocenters. The van der Waals surface area contributed by atoms with Crippen molar-refractivity contribution in [2.45, 2.75) is 25.4 Å². The number of rotatable bonds is 3. The molecule has 1 aliphatic heterocycles. The Bertz CT molecular complexity index is 663. The van der Waals surface area contributed by atoms with E-state index in [0.717, 1.165) is 19.4 Å². The highest BCUT2D eigenvalue weighted by Crippen LogP contribution is 2.33.